The third-order valence-corrected chi connectivity index (χ3v) is 6.46. The van der Waals surface area contributed by atoms with E-state index in [1.165, 1.54) is 5.69 Å². The van der Waals surface area contributed by atoms with Gasteiger partial charge in [-0.15, -0.1) is 5.10 Å². The van der Waals surface area contributed by atoms with Crippen LogP contribution in [0.4, 0.5) is 17.3 Å². The zero-order valence-corrected chi connectivity index (χ0v) is 19.8. The molecule has 4 aromatic rings. The SMILES string of the molecule is O=C(c1ccc(-c2nccn3nc(Nc4ccc(N5CCOCC5)cc4)nc23)cc1)N1CCOCC1. The molecule has 0 bridgehead atoms. The first kappa shape index (κ1) is 22.4. The highest BCUT2D eigenvalue weighted by molar-refractivity contribution is 5.95. The van der Waals surface area contributed by atoms with E-state index in [0.717, 1.165) is 37.6 Å². The number of aromatic nitrogens is 4. The van der Waals surface area contributed by atoms with Gasteiger partial charge >= 0.3 is 0 Å². The first-order valence-electron chi connectivity index (χ1n) is 12.1. The molecule has 2 fully saturated rings. The van der Waals surface area contributed by atoms with Crippen molar-refractivity contribution in [2.45, 2.75) is 0 Å². The fraction of sp³-hybridized carbons (Fsp3) is 0.308. The van der Waals surface area contributed by atoms with E-state index >= 15 is 0 Å². The van der Waals surface area contributed by atoms with E-state index in [1.807, 2.05) is 41.3 Å². The largest absolute Gasteiger partial charge is 0.378 e. The molecule has 184 valence electrons. The Morgan fingerprint density at radius 1 is 0.861 bits per heavy atom. The fourth-order valence-corrected chi connectivity index (χ4v) is 4.50. The van der Waals surface area contributed by atoms with Crippen LogP contribution in [-0.4, -0.2) is 83.0 Å². The van der Waals surface area contributed by atoms with Crippen LogP contribution >= 0.6 is 0 Å². The Morgan fingerprint density at radius 3 is 2.28 bits per heavy atom. The van der Waals surface area contributed by atoms with Gasteiger partial charge < -0.3 is 24.6 Å². The molecule has 2 aromatic carbocycles. The van der Waals surface area contributed by atoms with Gasteiger partial charge in [-0.2, -0.15) is 4.98 Å². The van der Waals surface area contributed by atoms with Crippen molar-refractivity contribution in [1.29, 1.82) is 0 Å². The van der Waals surface area contributed by atoms with Gasteiger partial charge in [0.05, 0.1) is 26.4 Å². The first-order valence-corrected chi connectivity index (χ1v) is 12.1. The van der Waals surface area contributed by atoms with E-state index < -0.39 is 0 Å². The molecular weight excluding hydrogens is 458 g/mol. The van der Waals surface area contributed by atoms with Gasteiger partial charge in [-0.05, 0) is 36.4 Å². The standard InChI is InChI=1S/C26H27N7O3/c34-25(32-13-17-36-18-14-32)20-3-1-19(2-4-20)23-24-29-26(30-33(24)10-9-27-23)28-21-5-7-22(8-6-21)31-11-15-35-16-12-31/h1-10H,11-18H2,(H,28,30). The number of nitrogens with zero attached hydrogens (tertiary/aromatic N) is 6. The molecule has 0 aliphatic carbocycles. The second-order valence-electron chi connectivity index (χ2n) is 8.73. The van der Waals surface area contributed by atoms with Crippen LogP contribution in [0.5, 0.6) is 0 Å². The van der Waals surface area contributed by atoms with Crippen molar-refractivity contribution in [2.24, 2.45) is 0 Å². The number of amides is 1. The van der Waals surface area contributed by atoms with Crippen LogP contribution in [0.15, 0.2) is 60.9 Å². The summed E-state index contributed by atoms with van der Waals surface area (Å²) in [5.74, 6) is 0.507. The molecule has 10 nitrogen and oxygen atoms in total. The van der Waals surface area contributed by atoms with E-state index in [9.17, 15) is 4.79 Å². The smallest absolute Gasteiger partial charge is 0.254 e. The molecule has 2 aliphatic rings. The van der Waals surface area contributed by atoms with Crippen molar-refractivity contribution < 1.29 is 14.3 Å². The lowest BCUT2D eigenvalue weighted by molar-refractivity contribution is 0.0303. The van der Waals surface area contributed by atoms with Gasteiger partial charge in [-0.25, -0.2) is 4.52 Å². The Kier molecular flexibility index (Phi) is 6.18. The van der Waals surface area contributed by atoms with E-state index in [1.54, 1.807) is 16.9 Å². The predicted molar refractivity (Wildman–Crippen MR) is 136 cm³/mol. The van der Waals surface area contributed by atoms with Gasteiger partial charge in [0.25, 0.3) is 5.91 Å². The molecule has 10 heteroatoms. The summed E-state index contributed by atoms with van der Waals surface area (Å²) in [4.78, 5) is 26.1. The van der Waals surface area contributed by atoms with E-state index in [2.05, 4.69) is 37.4 Å². The number of benzene rings is 2. The summed E-state index contributed by atoms with van der Waals surface area (Å²) >= 11 is 0. The number of anilines is 3. The number of carbonyl (C=O) groups is 1. The number of rotatable bonds is 5. The zero-order valence-electron chi connectivity index (χ0n) is 19.8. The molecule has 4 heterocycles. The lowest BCUT2D eigenvalue weighted by atomic mass is 10.1. The molecule has 0 saturated carbocycles. The second kappa shape index (κ2) is 9.92. The molecule has 0 spiro atoms. The topological polar surface area (TPSA) is 97.1 Å². The Balaban J connectivity index is 1.20. The predicted octanol–water partition coefficient (Wildman–Crippen LogP) is 2.84. The van der Waals surface area contributed by atoms with Crippen LogP contribution in [0.3, 0.4) is 0 Å². The van der Waals surface area contributed by atoms with Gasteiger partial charge in [-0.3, -0.25) is 9.78 Å². The molecule has 0 unspecified atom stereocenters. The number of fused-ring (bicyclic) bond motifs is 1. The minimum atomic E-state index is 0.0182. The average Bonchev–Trinajstić information content (AvgIpc) is 3.37. The minimum absolute atomic E-state index is 0.0182. The van der Waals surface area contributed by atoms with Crippen molar-refractivity contribution >= 4 is 28.9 Å². The van der Waals surface area contributed by atoms with Gasteiger partial charge in [0.2, 0.25) is 5.95 Å². The number of morpholine rings is 2. The van der Waals surface area contributed by atoms with Gasteiger partial charge in [0.15, 0.2) is 5.65 Å². The van der Waals surface area contributed by atoms with Crippen LogP contribution in [-0.2, 0) is 9.47 Å². The third-order valence-electron chi connectivity index (χ3n) is 6.46. The lowest BCUT2D eigenvalue weighted by Crippen LogP contribution is -2.40. The summed E-state index contributed by atoms with van der Waals surface area (Å²) in [7, 11) is 0. The minimum Gasteiger partial charge on any atom is -0.378 e. The summed E-state index contributed by atoms with van der Waals surface area (Å²) < 4.78 is 12.5. The number of carbonyl (C=O) groups excluding carboxylic acids is 1. The summed E-state index contributed by atoms with van der Waals surface area (Å²) in [6.07, 6.45) is 3.47. The van der Waals surface area contributed by atoms with Crippen LogP contribution in [0.2, 0.25) is 0 Å². The van der Waals surface area contributed by atoms with Crippen LogP contribution in [0.25, 0.3) is 16.9 Å². The molecule has 2 aliphatic heterocycles. The second-order valence-corrected chi connectivity index (χ2v) is 8.73. The maximum atomic E-state index is 12.8. The molecule has 2 saturated heterocycles. The van der Waals surface area contributed by atoms with E-state index in [0.29, 0.717) is 49.2 Å². The average molecular weight is 486 g/mol. The summed E-state index contributed by atoms with van der Waals surface area (Å²) in [5.41, 5.74) is 4.94. The van der Waals surface area contributed by atoms with Crippen molar-refractivity contribution in [3.05, 3.63) is 66.5 Å². The third kappa shape index (κ3) is 4.60. The molecule has 1 amide bonds. The quantitative estimate of drug-likeness (QED) is 0.461. The molecule has 0 atom stereocenters. The highest BCUT2D eigenvalue weighted by atomic mass is 16.5. The number of hydrogen-bond donors (Lipinski definition) is 1. The maximum absolute atomic E-state index is 12.8. The molecule has 2 aromatic heterocycles. The van der Waals surface area contributed by atoms with Gasteiger partial charge in [0, 0.05) is 61.1 Å². The highest BCUT2D eigenvalue weighted by Crippen LogP contribution is 2.25. The monoisotopic (exact) mass is 485 g/mol. The van der Waals surface area contributed by atoms with E-state index in [-0.39, 0.29) is 5.91 Å². The molecular formula is C26H27N7O3. The van der Waals surface area contributed by atoms with Crippen LogP contribution < -0.4 is 10.2 Å². The summed E-state index contributed by atoms with van der Waals surface area (Å²) in [5, 5.41) is 7.86. The first-order chi connectivity index (χ1) is 17.7. The van der Waals surface area contributed by atoms with E-state index in [4.69, 9.17) is 9.47 Å². The van der Waals surface area contributed by atoms with Crippen molar-refractivity contribution in [1.82, 2.24) is 24.5 Å². The van der Waals surface area contributed by atoms with Crippen molar-refractivity contribution in [2.75, 3.05) is 62.8 Å². The van der Waals surface area contributed by atoms with Crippen molar-refractivity contribution in [3.63, 3.8) is 0 Å². The molecule has 0 radical (unpaired) electrons. The highest BCUT2D eigenvalue weighted by Gasteiger charge is 2.19. The van der Waals surface area contributed by atoms with Crippen LogP contribution in [0.1, 0.15) is 10.4 Å². The number of nitrogens with one attached hydrogen (secondary N) is 1. The van der Waals surface area contributed by atoms with Gasteiger partial charge in [0.1, 0.15) is 5.69 Å². The normalized spacial score (nSPS) is 16.3. The lowest BCUT2D eigenvalue weighted by Gasteiger charge is -2.28. The van der Waals surface area contributed by atoms with Gasteiger partial charge in [-0.1, -0.05) is 12.1 Å². The Hall–Kier alpha value is -4.02. The Bertz CT molecular complexity index is 1340. The fourth-order valence-electron chi connectivity index (χ4n) is 4.50. The summed E-state index contributed by atoms with van der Waals surface area (Å²) in [6.45, 7) is 5.72. The zero-order chi connectivity index (χ0) is 24.3. The van der Waals surface area contributed by atoms with Crippen molar-refractivity contribution in [3.8, 4) is 11.3 Å². The number of hydrogen-bond acceptors (Lipinski definition) is 8. The molecule has 1 N–H and O–H groups in total. The Morgan fingerprint density at radius 2 is 1.56 bits per heavy atom. The number of ether oxygens (including phenoxy) is 2. The Labute approximate surface area is 208 Å². The maximum Gasteiger partial charge on any atom is 0.254 e. The van der Waals surface area contributed by atoms with Crippen LogP contribution in [0, 0.1) is 0 Å². The molecule has 36 heavy (non-hydrogen) atoms. The molecule has 6 rings (SSSR count). The summed E-state index contributed by atoms with van der Waals surface area (Å²) in [6, 6.07) is 15.7.